The summed E-state index contributed by atoms with van der Waals surface area (Å²) in [4.78, 5) is 40.8. The van der Waals surface area contributed by atoms with Gasteiger partial charge in [0.25, 0.3) is 0 Å². The summed E-state index contributed by atoms with van der Waals surface area (Å²) in [6.45, 7) is 5.47. The third kappa shape index (κ3) is 10.4. The summed E-state index contributed by atoms with van der Waals surface area (Å²) in [5.41, 5.74) is 0.957. The number of hydrogen-bond donors (Lipinski definition) is 2. The van der Waals surface area contributed by atoms with Gasteiger partial charge >= 0.3 is 12.1 Å². The molecule has 0 saturated carbocycles. The topological polar surface area (TPSA) is 93.7 Å². The van der Waals surface area contributed by atoms with Crippen LogP contribution in [0.2, 0.25) is 0 Å². The Hall–Kier alpha value is -5.26. The van der Waals surface area contributed by atoms with Crippen LogP contribution in [-0.4, -0.2) is 48.4 Å². The number of ether oxygens (including phenoxy) is 2. The van der Waals surface area contributed by atoms with Gasteiger partial charge in [-0.3, -0.25) is 4.79 Å². The molecule has 0 aromatic heterocycles. The van der Waals surface area contributed by atoms with Gasteiger partial charge in [-0.15, -0.1) is 0 Å². The van der Waals surface area contributed by atoms with Crippen LogP contribution >= 0.6 is 7.26 Å². The fourth-order valence-corrected chi connectivity index (χ4v) is 10.2. The molecule has 0 saturated heterocycles. The summed E-state index contributed by atoms with van der Waals surface area (Å²) in [7, 11) is -2.23. The molecule has 0 heterocycles. The summed E-state index contributed by atoms with van der Waals surface area (Å²) in [6, 6.07) is 48.0. The van der Waals surface area contributed by atoms with Crippen molar-refractivity contribution in [3.8, 4) is 0 Å². The van der Waals surface area contributed by atoms with E-state index in [1.807, 2.05) is 115 Å². The van der Waals surface area contributed by atoms with Crippen LogP contribution in [0.4, 0.5) is 4.79 Å². The predicted octanol–water partition coefficient (Wildman–Crippen LogP) is 6.39. The van der Waals surface area contributed by atoms with Crippen LogP contribution < -0.4 is 26.5 Å². The minimum absolute atomic E-state index is 0.118. The summed E-state index contributed by atoms with van der Waals surface area (Å²) in [5.74, 6) is -1.06. The van der Waals surface area contributed by atoms with Gasteiger partial charge in [-0.25, -0.2) is 9.59 Å². The van der Waals surface area contributed by atoms with Gasteiger partial charge in [-0.1, -0.05) is 115 Å². The van der Waals surface area contributed by atoms with Gasteiger partial charge in [-0.05, 0) is 68.3 Å². The van der Waals surface area contributed by atoms with E-state index in [9.17, 15) is 14.4 Å². The summed E-state index contributed by atoms with van der Waals surface area (Å²) < 4.78 is 11.6. The van der Waals surface area contributed by atoms with Crippen molar-refractivity contribution < 1.29 is 23.9 Å². The van der Waals surface area contributed by atoms with Crippen LogP contribution in [0.25, 0.3) is 0 Å². The van der Waals surface area contributed by atoms with E-state index in [1.165, 1.54) is 15.9 Å². The van der Waals surface area contributed by atoms with Gasteiger partial charge in [-0.2, -0.15) is 0 Å². The number of carbonyl (C=O) groups excluding carboxylic acids is 3. The first kappa shape index (κ1) is 37.0. The molecule has 8 heteroatoms. The first-order valence-corrected chi connectivity index (χ1v) is 19.2. The largest absolute Gasteiger partial charge is 0.458 e. The number of rotatable bonds is 14. The molecule has 0 radical (unpaired) electrons. The van der Waals surface area contributed by atoms with Gasteiger partial charge in [0.05, 0.1) is 0 Å². The van der Waals surface area contributed by atoms with Crippen LogP contribution in [0.15, 0.2) is 152 Å². The Morgan fingerprint density at radius 3 is 1.37 bits per heavy atom. The maximum Gasteiger partial charge on any atom is 0.407 e. The Bertz CT molecular complexity index is 1740. The molecule has 0 bridgehead atoms. The molecule has 262 valence electrons. The average Bonchev–Trinajstić information content (AvgIpc) is 3.14. The first-order chi connectivity index (χ1) is 24.6. The Balaban J connectivity index is 1.36. The maximum atomic E-state index is 14.0. The second-order valence-electron chi connectivity index (χ2n) is 13.3. The van der Waals surface area contributed by atoms with E-state index in [1.54, 1.807) is 20.8 Å². The van der Waals surface area contributed by atoms with Crippen LogP contribution in [-0.2, 0) is 31.9 Å². The predicted molar refractivity (Wildman–Crippen MR) is 206 cm³/mol. The molecule has 51 heavy (non-hydrogen) atoms. The smallest absolute Gasteiger partial charge is 0.407 e. The fourth-order valence-electron chi connectivity index (χ4n) is 6.09. The Labute approximate surface area is 301 Å². The van der Waals surface area contributed by atoms with Crippen LogP contribution in [0.5, 0.6) is 0 Å². The average molecular weight is 702 g/mol. The highest BCUT2D eigenvalue weighted by molar-refractivity contribution is 7.95. The van der Waals surface area contributed by atoms with Crippen molar-refractivity contribution in [2.75, 3.05) is 12.8 Å². The molecule has 5 aromatic carbocycles. The second-order valence-corrected chi connectivity index (χ2v) is 17.0. The van der Waals surface area contributed by atoms with E-state index >= 15 is 0 Å². The van der Waals surface area contributed by atoms with E-state index in [2.05, 4.69) is 47.0 Å². The Kier molecular flexibility index (Phi) is 12.8. The Morgan fingerprint density at radius 1 is 0.569 bits per heavy atom. The van der Waals surface area contributed by atoms with E-state index in [0.29, 0.717) is 6.16 Å². The monoisotopic (exact) mass is 701 g/mol. The van der Waals surface area contributed by atoms with Gasteiger partial charge in [0.15, 0.2) is 0 Å². The highest BCUT2D eigenvalue weighted by atomic mass is 31.2. The second kappa shape index (κ2) is 17.6. The number of hydrogen-bond acceptors (Lipinski definition) is 5. The molecule has 2 amide bonds. The van der Waals surface area contributed by atoms with Crippen molar-refractivity contribution in [2.45, 2.75) is 51.3 Å². The van der Waals surface area contributed by atoms with E-state index in [0.717, 1.165) is 11.1 Å². The zero-order valence-corrected chi connectivity index (χ0v) is 30.3. The highest BCUT2D eigenvalue weighted by Gasteiger charge is 2.45. The molecule has 2 atom stereocenters. The van der Waals surface area contributed by atoms with Gasteiger partial charge in [0, 0.05) is 12.8 Å². The van der Waals surface area contributed by atoms with Crippen LogP contribution in [0.1, 0.15) is 31.9 Å². The van der Waals surface area contributed by atoms with Crippen molar-refractivity contribution in [1.29, 1.82) is 0 Å². The SMILES string of the molecule is CC(C)(C)OC(=O)C(Cc1ccccc1)NC(=O)C(Cc1ccccc1)NC(=O)OCC[P+](c1ccccc1)(c1ccccc1)c1ccccc1. The van der Waals surface area contributed by atoms with Crippen LogP contribution in [0, 0.1) is 0 Å². The molecule has 0 fully saturated rings. The van der Waals surface area contributed by atoms with Crippen molar-refractivity contribution in [3.63, 3.8) is 0 Å². The minimum atomic E-state index is -2.23. The zero-order valence-electron chi connectivity index (χ0n) is 29.4. The third-order valence-electron chi connectivity index (χ3n) is 8.43. The van der Waals surface area contributed by atoms with E-state index in [-0.39, 0.29) is 19.4 Å². The summed E-state index contributed by atoms with van der Waals surface area (Å²) in [5, 5.41) is 9.23. The molecule has 0 aliphatic carbocycles. The zero-order chi connectivity index (χ0) is 36.1. The van der Waals surface area contributed by atoms with Gasteiger partial charge in [0.2, 0.25) is 5.91 Å². The molecular formula is C43H46N2O5P+. The molecule has 5 aromatic rings. The maximum absolute atomic E-state index is 14.0. The number of carbonyl (C=O) groups is 3. The van der Waals surface area contributed by atoms with Crippen LogP contribution in [0.3, 0.4) is 0 Å². The lowest BCUT2D eigenvalue weighted by Crippen LogP contribution is -2.54. The fraction of sp³-hybridized carbons (Fsp3) is 0.233. The normalized spacial score (nSPS) is 12.6. The Morgan fingerprint density at radius 2 is 0.961 bits per heavy atom. The number of benzene rings is 5. The summed E-state index contributed by atoms with van der Waals surface area (Å²) in [6.07, 6.45) is 0.277. The quantitative estimate of drug-likeness (QED) is 0.104. The van der Waals surface area contributed by atoms with Crippen molar-refractivity contribution >= 4 is 41.1 Å². The van der Waals surface area contributed by atoms with E-state index in [4.69, 9.17) is 9.47 Å². The van der Waals surface area contributed by atoms with E-state index < -0.39 is 42.9 Å². The molecule has 2 N–H and O–H groups in total. The third-order valence-corrected chi connectivity index (χ3v) is 12.8. The highest BCUT2D eigenvalue weighted by Crippen LogP contribution is 2.55. The molecule has 7 nitrogen and oxygen atoms in total. The lowest BCUT2D eigenvalue weighted by molar-refractivity contribution is -0.158. The van der Waals surface area contributed by atoms with Crippen molar-refractivity contribution in [3.05, 3.63) is 163 Å². The molecule has 0 spiro atoms. The van der Waals surface area contributed by atoms with Crippen molar-refractivity contribution in [1.82, 2.24) is 10.6 Å². The number of esters is 1. The molecule has 0 aliphatic rings. The molecule has 5 rings (SSSR count). The lowest BCUT2D eigenvalue weighted by Gasteiger charge is -2.28. The first-order valence-electron chi connectivity index (χ1n) is 17.2. The summed E-state index contributed by atoms with van der Waals surface area (Å²) >= 11 is 0. The standard InChI is InChI=1S/C43H45N2O5P/c1-43(2,3)50-41(47)39(32-34-21-11-5-12-22-34)44-40(46)38(31-33-19-9-4-10-20-33)45-42(48)49-29-30-51(35-23-13-6-14-24-35,36-25-15-7-16-26-36)37-27-17-8-18-28-37/h4-28,38-39H,29-32H2,1-3H3,(H-,44,45,46,48)/p+1. The molecule has 0 aliphatic heterocycles. The number of amides is 2. The minimum Gasteiger partial charge on any atom is -0.458 e. The number of alkyl carbamates (subject to hydrolysis) is 1. The van der Waals surface area contributed by atoms with Gasteiger partial charge < -0.3 is 20.1 Å². The molecule has 2 unspecified atom stereocenters. The van der Waals surface area contributed by atoms with Gasteiger partial charge in [0.1, 0.15) is 53.6 Å². The number of nitrogens with one attached hydrogen (secondary N) is 2. The molecular weight excluding hydrogens is 655 g/mol. The lowest BCUT2D eigenvalue weighted by atomic mass is 10.0. The van der Waals surface area contributed by atoms with Crippen molar-refractivity contribution in [2.24, 2.45) is 0 Å².